The molecule has 0 saturated carbocycles. The van der Waals surface area contributed by atoms with Crippen molar-refractivity contribution in [3.63, 3.8) is 0 Å². The monoisotopic (exact) mass is 616 g/mol. The lowest BCUT2D eigenvalue weighted by Crippen LogP contribution is -2.45. The first-order chi connectivity index (χ1) is 18.9. The van der Waals surface area contributed by atoms with Crippen molar-refractivity contribution in [3.05, 3.63) is 53.9 Å². The minimum Gasteiger partial charge on any atom is -0.493 e. The lowest BCUT2D eigenvalue weighted by Gasteiger charge is -2.24. The predicted molar refractivity (Wildman–Crippen MR) is 141 cm³/mol. The number of nitrogens with two attached hydrogens (primary N) is 1. The summed E-state index contributed by atoms with van der Waals surface area (Å²) in [5.41, 5.74) is 6.69. The summed E-state index contributed by atoms with van der Waals surface area (Å²) in [7, 11) is -7.63. The van der Waals surface area contributed by atoms with Crippen LogP contribution in [0.2, 0.25) is 0 Å². The average Bonchev–Trinajstić information content (AvgIpc) is 3.35. The Bertz CT molecular complexity index is 1670. The molecule has 0 aliphatic carbocycles. The SMILES string of the molecule is CC(C)(c1nnc(-c2ccc3c(c2)N(Cc2ccc(OCCC(F)(F)F)cc2)C(=O)[C@@H](N)CS3(=O)=O)o1)S(C)(=O)=O. The molecule has 0 bridgehead atoms. The first kappa shape index (κ1) is 30.5. The van der Waals surface area contributed by atoms with E-state index >= 15 is 0 Å². The Morgan fingerprint density at radius 3 is 2.39 bits per heavy atom. The number of anilines is 1. The van der Waals surface area contributed by atoms with E-state index in [-0.39, 0.29) is 40.2 Å². The first-order valence-electron chi connectivity index (χ1n) is 12.2. The van der Waals surface area contributed by atoms with E-state index in [1.165, 1.54) is 61.2 Å². The number of hydrogen-bond donors (Lipinski definition) is 1. The van der Waals surface area contributed by atoms with Crippen molar-refractivity contribution in [2.75, 3.05) is 23.5 Å². The molecule has 2 heterocycles. The molecule has 1 aliphatic rings. The Morgan fingerprint density at radius 2 is 1.78 bits per heavy atom. The smallest absolute Gasteiger partial charge is 0.392 e. The highest BCUT2D eigenvalue weighted by Crippen LogP contribution is 2.36. The van der Waals surface area contributed by atoms with Crippen molar-refractivity contribution < 1.29 is 44.0 Å². The van der Waals surface area contributed by atoms with Gasteiger partial charge in [0.15, 0.2) is 19.7 Å². The highest BCUT2D eigenvalue weighted by atomic mass is 32.2. The van der Waals surface area contributed by atoms with Crippen LogP contribution in [-0.2, 0) is 35.8 Å². The van der Waals surface area contributed by atoms with Gasteiger partial charge in [-0.25, -0.2) is 16.8 Å². The van der Waals surface area contributed by atoms with Crippen molar-refractivity contribution in [2.24, 2.45) is 5.73 Å². The number of nitrogens with zero attached hydrogens (tertiary/aromatic N) is 3. The maximum absolute atomic E-state index is 13.3. The third-order valence-corrected chi connectivity index (χ3v) is 10.4. The summed E-state index contributed by atoms with van der Waals surface area (Å²) < 4.78 is 97.0. The molecule has 0 spiro atoms. The molecule has 0 fully saturated rings. The van der Waals surface area contributed by atoms with Crippen LogP contribution in [0.5, 0.6) is 5.75 Å². The fraction of sp³-hybridized carbons (Fsp3) is 0.400. The van der Waals surface area contributed by atoms with Gasteiger partial charge in [-0.05, 0) is 49.7 Å². The zero-order valence-electron chi connectivity index (χ0n) is 22.2. The number of benzene rings is 2. The van der Waals surface area contributed by atoms with Gasteiger partial charge in [-0.3, -0.25) is 4.79 Å². The summed E-state index contributed by atoms with van der Waals surface area (Å²) in [5.74, 6) is -1.40. The molecule has 2 aromatic carbocycles. The van der Waals surface area contributed by atoms with Crippen molar-refractivity contribution >= 4 is 31.3 Å². The number of ether oxygens (including phenoxy) is 1. The highest BCUT2D eigenvalue weighted by Gasteiger charge is 2.39. The van der Waals surface area contributed by atoms with Crippen LogP contribution in [-0.4, -0.2) is 63.8 Å². The second-order valence-electron chi connectivity index (χ2n) is 10.0. The fourth-order valence-corrected chi connectivity index (χ4v) is 5.86. The summed E-state index contributed by atoms with van der Waals surface area (Å²) in [6.45, 7) is 2.11. The van der Waals surface area contributed by atoms with E-state index < -0.39 is 61.3 Å². The second-order valence-corrected chi connectivity index (χ2v) is 14.6. The summed E-state index contributed by atoms with van der Waals surface area (Å²) in [5, 5.41) is 7.78. The lowest BCUT2D eigenvalue weighted by atomic mass is 10.1. The minimum absolute atomic E-state index is 0.00641. The molecule has 0 saturated heterocycles. The third-order valence-electron chi connectivity index (χ3n) is 6.60. The molecule has 2 N–H and O–H groups in total. The molecule has 222 valence electrons. The van der Waals surface area contributed by atoms with Gasteiger partial charge in [0, 0.05) is 11.8 Å². The van der Waals surface area contributed by atoms with Crippen LogP contribution in [0.15, 0.2) is 51.8 Å². The molecule has 1 aliphatic heterocycles. The van der Waals surface area contributed by atoms with Gasteiger partial charge < -0.3 is 19.8 Å². The van der Waals surface area contributed by atoms with Crippen LogP contribution in [0.25, 0.3) is 11.5 Å². The van der Waals surface area contributed by atoms with E-state index in [0.29, 0.717) is 5.56 Å². The summed E-state index contributed by atoms with van der Waals surface area (Å²) in [6.07, 6.45) is -4.45. The summed E-state index contributed by atoms with van der Waals surface area (Å²) in [6, 6.07) is 8.60. The molecule has 41 heavy (non-hydrogen) atoms. The molecule has 3 aromatic rings. The van der Waals surface area contributed by atoms with Crippen LogP contribution in [0.4, 0.5) is 18.9 Å². The third kappa shape index (κ3) is 6.54. The number of alkyl halides is 3. The highest BCUT2D eigenvalue weighted by molar-refractivity contribution is 7.92. The van der Waals surface area contributed by atoms with Crippen molar-refractivity contribution in [1.29, 1.82) is 0 Å². The minimum atomic E-state index is -4.36. The molecule has 11 nitrogen and oxygen atoms in total. The number of halogens is 3. The normalized spacial score (nSPS) is 17.7. The lowest BCUT2D eigenvalue weighted by molar-refractivity contribution is -0.139. The maximum Gasteiger partial charge on any atom is 0.392 e. The average molecular weight is 617 g/mol. The number of carbonyl (C=O) groups is 1. The molecular weight excluding hydrogens is 589 g/mol. The molecule has 0 radical (unpaired) electrons. The van der Waals surface area contributed by atoms with E-state index in [9.17, 15) is 34.8 Å². The molecule has 16 heteroatoms. The van der Waals surface area contributed by atoms with Crippen molar-refractivity contribution in [2.45, 2.75) is 48.7 Å². The number of amides is 1. The quantitative estimate of drug-likeness (QED) is 0.398. The van der Waals surface area contributed by atoms with Crippen LogP contribution in [0, 0.1) is 0 Å². The van der Waals surface area contributed by atoms with Gasteiger partial charge in [0.25, 0.3) is 0 Å². The molecule has 4 rings (SSSR count). The number of hydrogen-bond acceptors (Lipinski definition) is 10. The Balaban J connectivity index is 1.69. The van der Waals surface area contributed by atoms with Crippen LogP contribution in [0.1, 0.15) is 31.7 Å². The van der Waals surface area contributed by atoms with Gasteiger partial charge in [-0.1, -0.05) is 12.1 Å². The molecular formula is C25H27F3N4O7S2. The zero-order chi connectivity index (χ0) is 30.4. The zero-order valence-corrected chi connectivity index (χ0v) is 23.8. The van der Waals surface area contributed by atoms with E-state index in [1.807, 2.05) is 0 Å². The van der Waals surface area contributed by atoms with Crippen LogP contribution in [0.3, 0.4) is 0 Å². The Hall–Kier alpha value is -3.50. The van der Waals surface area contributed by atoms with Gasteiger partial charge in [-0.15, -0.1) is 10.2 Å². The van der Waals surface area contributed by atoms with E-state index in [2.05, 4.69) is 10.2 Å². The number of fused-ring (bicyclic) bond motifs is 1. The van der Waals surface area contributed by atoms with Gasteiger partial charge in [-0.2, -0.15) is 13.2 Å². The van der Waals surface area contributed by atoms with Crippen LogP contribution >= 0.6 is 0 Å². The number of sulfone groups is 2. The fourth-order valence-electron chi connectivity index (χ4n) is 3.90. The molecule has 0 unspecified atom stereocenters. The van der Waals surface area contributed by atoms with E-state index in [0.717, 1.165) is 6.26 Å². The number of aromatic nitrogens is 2. The topological polar surface area (TPSA) is 163 Å². The Kier molecular flexibility index (Phi) is 7.97. The molecule has 1 amide bonds. The largest absolute Gasteiger partial charge is 0.493 e. The molecule has 1 atom stereocenters. The molecule has 1 aromatic heterocycles. The van der Waals surface area contributed by atoms with E-state index in [4.69, 9.17) is 14.9 Å². The maximum atomic E-state index is 13.3. The van der Waals surface area contributed by atoms with Gasteiger partial charge in [0.2, 0.25) is 17.7 Å². The van der Waals surface area contributed by atoms with Gasteiger partial charge >= 0.3 is 6.18 Å². The van der Waals surface area contributed by atoms with Crippen molar-refractivity contribution in [3.8, 4) is 17.2 Å². The number of carbonyl (C=O) groups excluding carboxylic acids is 1. The summed E-state index contributed by atoms with van der Waals surface area (Å²) >= 11 is 0. The van der Waals surface area contributed by atoms with Crippen LogP contribution < -0.4 is 15.4 Å². The van der Waals surface area contributed by atoms with Gasteiger partial charge in [0.05, 0.1) is 42.0 Å². The first-order valence-corrected chi connectivity index (χ1v) is 15.7. The van der Waals surface area contributed by atoms with Gasteiger partial charge in [0.1, 0.15) is 10.5 Å². The van der Waals surface area contributed by atoms with Crippen molar-refractivity contribution in [1.82, 2.24) is 10.2 Å². The number of rotatable bonds is 8. The Labute approximate surface area is 234 Å². The second kappa shape index (κ2) is 10.7. The van der Waals surface area contributed by atoms with E-state index in [1.54, 1.807) is 0 Å². The summed E-state index contributed by atoms with van der Waals surface area (Å²) in [4.78, 5) is 14.3. The standard InChI is InChI=1S/C25H27F3N4O7S2/c1-24(2,40(3,34)35)23-31-30-21(39-23)16-6-9-20-19(12-16)32(22(33)18(29)14-41(20,36)37)13-15-4-7-17(8-5-15)38-11-10-25(26,27)28/h4-9,12,18H,10-11,13-14,29H2,1-3H3/t18-/m0/s1. The Morgan fingerprint density at radius 1 is 1.12 bits per heavy atom. The predicted octanol–water partition coefficient (Wildman–Crippen LogP) is 3.00.